The van der Waals surface area contributed by atoms with Crippen LogP contribution in [0.25, 0.3) is 0 Å². The van der Waals surface area contributed by atoms with Gasteiger partial charge in [-0.3, -0.25) is 0 Å². The van der Waals surface area contributed by atoms with Crippen LogP contribution in [0.5, 0.6) is 0 Å². The van der Waals surface area contributed by atoms with Gasteiger partial charge in [0.1, 0.15) is 6.07 Å². The maximum Gasteiger partial charge on any atom is 0.100 e. The number of nitrogens with zero attached hydrogens (tertiary/aromatic N) is 1. The maximum absolute atomic E-state index is 9.10. The number of nitriles is 1. The van der Waals surface area contributed by atoms with E-state index in [9.17, 15) is 0 Å². The number of rotatable bonds is 2. The zero-order valence-electron chi connectivity index (χ0n) is 9.90. The van der Waals surface area contributed by atoms with Crippen molar-refractivity contribution < 1.29 is 0 Å². The van der Waals surface area contributed by atoms with Crippen LogP contribution in [0.1, 0.15) is 16.7 Å². The first-order valence-electron chi connectivity index (χ1n) is 5.44. The van der Waals surface area contributed by atoms with Gasteiger partial charge in [-0.1, -0.05) is 35.5 Å². The smallest absolute Gasteiger partial charge is 0.100 e. The molecule has 0 aliphatic heterocycles. The van der Waals surface area contributed by atoms with Crippen LogP contribution >= 0.6 is 11.8 Å². The summed E-state index contributed by atoms with van der Waals surface area (Å²) in [5, 5.41) is 9.10. The predicted octanol–water partition coefficient (Wildman–Crippen LogP) is 4.33. The molecule has 0 aromatic heterocycles. The van der Waals surface area contributed by atoms with Crippen molar-refractivity contribution in [1.82, 2.24) is 0 Å². The highest BCUT2D eigenvalue weighted by Gasteiger charge is 2.04. The van der Waals surface area contributed by atoms with E-state index in [0.29, 0.717) is 0 Å². The summed E-state index contributed by atoms with van der Waals surface area (Å²) in [5.74, 6) is 0. The number of hydrogen-bond donors (Lipinski definition) is 0. The average Bonchev–Trinajstić information content (AvgIpc) is 2.34. The van der Waals surface area contributed by atoms with Crippen LogP contribution in [-0.2, 0) is 0 Å². The zero-order valence-corrected chi connectivity index (χ0v) is 10.7. The van der Waals surface area contributed by atoms with E-state index < -0.39 is 0 Å². The molecule has 2 aromatic carbocycles. The Kier molecular flexibility index (Phi) is 3.51. The van der Waals surface area contributed by atoms with E-state index >= 15 is 0 Å². The highest BCUT2D eigenvalue weighted by Crippen LogP contribution is 2.30. The third kappa shape index (κ3) is 2.89. The van der Waals surface area contributed by atoms with Gasteiger partial charge >= 0.3 is 0 Å². The van der Waals surface area contributed by atoms with Gasteiger partial charge in [0.25, 0.3) is 0 Å². The van der Waals surface area contributed by atoms with E-state index in [1.54, 1.807) is 11.8 Å². The lowest BCUT2D eigenvalue weighted by Crippen LogP contribution is -1.83. The summed E-state index contributed by atoms with van der Waals surface area (Å²) in [7, 11) is 0. The van der Waals surface area contributed by atoms with Crippen molar-refractivity contribution in [2.24, 2.45) is 0 Å². The molecule has 0 heterocycles. The highest BCUT2D eigenvalue weighted by molar-refractivity contribution is 7.99. The zero-order chi connectivity index (χ0) is 12.3. The molecule has 84 valence electrons. The van der Waals surface area contributed by atoms with E-state index in [2.05, 4.69) is 37.3 Å². The minimum absolute atomic E-state index is 0.746. The van der Waals surface area contributed by atoms with E-state index in [0.717, 1.165) is 20.9 Å². The van der Waals surface area contributed by atoms with Crippen LogP contribution in [0, 0.1) is 25.2 Å². The van der Waals surface area contributed by atoms with Gasteiger partial charge in [-0.15, -0.1) is 0 Å². The molecule has 0 atom stereocenters. The van der Waals surface area contributed by atoms with Crippen LogP contribution in [-0.4, -0.2) is 0 Å². The molecule has 0 N–H and O–H groups in total. The fraction of sp³-hybridized carbons (Fsp3) is 0.133. The summed E-state index contributed by atoms with van der Waals surface area (Å²) in [4.78, 5) is 2.18. The summed E-state index contributed by atoms with van der Waals surface area (Å²) < 4.78 is 0. The Morgan fingerprint density at radius 1 is 0.941 bits per heavy atom. The van der Waals surface area contributed by atoms with Crippen molar-refractivity contribution in [1.29, 1.82) is 5.26 Å². The minimum Gasteiger partial charge on any atom is -0.192 e. The van der Waals surface area contributed by atoms with Crippen molar-refractivity contribution in [3.63, 3.8) is 0 Å². The third-order valence-electron chi connectivity index (χ3n) is 2.50. The molecule has 0 unspecified atom stereocenters. The Labute approximate surface area is 106 Å². The normalized spacial score (nSPS) is 9.94. The van der Waals surface area contributed by atoms with Gasteiger partial charge in [0.05, 0.1) is 5.56 Å². The second-order valence-corrected chi connectivity index (χ2v) is 5.14. The van der Waals surface area contributed by atoms with Gasteiger partial charge in [0, 0.05) is 9.79 Å². The second kappa shape index (κ2) is 5.07. The SMILES string of the molecule is Cc1ccc(Sc2ccc(C)cc2C#N)cc1. The summed E-state index contributed by atoms with van der Waals surface area (Å²) in [6, 6.07) is 16.6. The number of aryl methyl sites for hydroxylation is 2. The lowest BCUT2D eigenvalue weighted by Gasteiger charge is -2.05. The molecule has 0 spiro atoms. The average molecular weight is 239 g/mol. The highest BCUT2D eigenvalue weighted by atomic mass is 32.2. The lowest BCUT2D eigenvalue weighted by atomic mass is 10.2. The molecular formula is C15H13NS. The van der Waals surface area contributed by atoms with E-state index in [-0.39, 0.29) is 0 Å². The standard InChI is InChI=1S/C15H13NS/c1-11-3-6-14(7-4-11)17-15-8-5-12(2)9-13(15)10-16/h3-9H,1-2H3. The van der Waals surface area contributed by atoms with Crippen molar-refractivity contribution in [2.75, 3.05) is 0 Å². The summed E-state index contributed by atoms with van der Waals surface area (Å²) in [6.45, 7) is 4.07. The first kappa shape index (κ1) is 11.8. The molecule has 1 nitrogen and oxygen atoms in total. The minimum atomic E-state index is 0.746. The van der Waals surface area contributed by atoms with Crippen LogP contribution in [0.2, 0.25) is 0 Å². The molecular weight excluding hydrogens is 226 g/mol. The van der Waals surface area contributed by atoms with Crippen molar-refractivity contribution in [3.8, 4) is 6.07 Å². The molecule has 0 saturated carbocycles. The number of benzene rings is 2. The van der Waals surface area contributed by atoms with Gasteiger partial charge in [-0.25, -0.2) is 0 Å². The molecule has 0 fully saturated rings. The van der Waals surface area contributed by atoms with Crippen molar-refractivity contribution in [3.05, 3.63) is 59.2 Å². The Bertz CT molecular complexity index is 564. The van der Waals surface area contributed by atoms with Crippen LogP contribution < -0.4 is 0 Å². The largest absolute Gasteiger partial charge is 0.192 e. The Morgan fingerprint density at radius 2 is 1.59 bits per heavy atom. The van der Waals surface area contributed by atoms with Gasteiger partial charge in [-0.2, -0.15) is 5.26 Å². The second-order valence-electron chi connectivity index (χ2n) is 4.03. The molecule has 0 saturated heterocycles. The summed E-state index contributed by atoms with van der Waals surface area (Å²) in [6.07, 6.45) is 0. The third-order valence-corrected chi connectivity index (χ3v) is 3.59. The van der Waals surface area contributed by atoms with Crippen LogP contribution in [0.3, 0.4) is 0 Å². The Hall–Kier alpha value is -1.72. The quantitative estimate of drug-likeness (QED) is 0.779. The molecule has 2 rings (SSSR count). The van der Waals surface area contributed by atoms with Crippen molar-refractivity contribution in [2.45, 2.75) is 23.6 Å². The molecule has 0 aliphatic carbocycles. The van der Waals surface area contributed by atoms with Gasteiger partial charge < -0.3 is 0 Å². The molecule has 17 heavy (non-hydrogen) atoms. The first-order chi connectivity index (χ1) is 8.19. The van der Waals surface area contributed by atoms with Crippen molar-refractivity contribution >= 4 is 11.8 Å². The summed E-state index contributed by atoms with van der Waals surface area (Å²) in [5.41, 5.74) is 3.11. The van der Waals surface area contributed by atoms with E-state index in [1.165, 1.54) is 5.56 Å². The Balaban J connectivity index is 2.30. The fourth-order valence-electron chi connectivity index (χ4n) is 1.55. The molecule has 2 heteroatoms. The molecule has 0 amide bonds. The van der Waals surface area contributed by atoms with Crippen LogP contribution in [0.15, 0.2) is 52.3 Å². The van der Waals surface area contributed by atoms with Gasteiger partial charge in [0.15, 0.2) is 0 Å². The molecule has 0 bridgehead atoms. The first-order valence-corrected chi connectivity index (χ1v) is 6.26. The van der Waals surface area contributed by atoms with Gasteiger partial charge in [-0.05, 0) is 43.7 Å². The lowest BCUT2D eigenvalue weighted by molar-refractivity contribution is 1.30. The molecule has 0 aliphatic rings. The Morgan fingerprint density at radius 3 is 2.24 bits per heavy atom. The molecule has 2 aromatic rings. The van der Waals surface area contributed by atoms with Gasteiger partial charge in [0.2, 0.25) is 0 Å². The predicted molar refractivity (Wildman–Crippen MR) is 71.2 cm³/mol. The monoisotopic (exact) mass is 239 g/mol. The van der Waals surface area contributed by atoms with E-state index in [1.807, 2.05) is 25.1 Å². The fourth-order valence-corrected chi connectivity index (χ4v) is 2.43. The maximum atomic E-state index is 9.10. The topological polar surface area (TPSA) is 23.8 Å². The van der Waals surface area contributed by atoms with Crippen LogP contribution in [0.4, 0.5) is 0 Å². The van der Waals surface area contributed by atoms with E-state index in [4.69, 9.17) is 5.26 Å². The molecule has 0 radical (unpaired) electrons. The number of hydrogen-bond acceptors (Lipinski definition) is 2. The summed E-state index contributed by atoms with van der Waals surface area (Å²) >= 11 is 1.63.